The number of aromatic nitrogens is 3. The molecular weight excluding hydrogens is 541 g/mol. The Labute approximate surface area is 226 Å². The fourth-order valence-corrected chi connectivity index (χ4v) is 6.38. The third kappa shape index (κ3) is 4.33. The van der Waals surface area contributed by atoms with Crippen molar-refractivity contribution in [2.24, 2.45) is 0 Å². The Morgan fingerprint density at radius 1 is 0.944 bits per heavy atom. The van der Waals surface area contributed by atoms with Crippen LogP contribution in [0.2, 0.25) is 15.1 Å². The summed E-state index contributed by atoms with van der Waals surface area (Å²) in [6.07, 6.45) is 1.57. The number of benzene rings is 2. The van der Waals surface area contributed by atoms with Crippen LogP contribution in [0.3, 0.4) is 0 Å². The van der Waals surface area contributed by atoms with Gasteiger partial charge in [0.25, 0.3) is 0 Å². The SMILES string of the molecule is Oc1c(C(c2ccc(Cl)cc2Cl)N2CCN(c3cccc(Cl)c3)CC2)sc2nc(-c3ccco3)nn12. The van der Waals surface area contributed by atoms with Crippen LogP contribution in [0.25, 0.3) is 16.5 Å². The maximum atomic E-state index is 11.3. The maximum Gasteiger partial charge on any atom is 0.230 e. The van der Waals surface area contributed by atoms with Gasteiger partial charge in [-0.2, -0.15) is 9.50 Å². The van der Waals surface area contributed by atoms with Gasteiger partial charge in [0.05, 0.1) is 17.2 Å². The molecule has 0 saturated carbocycles. The average molecular weight is 561 g/mol. The summed E-state index contributed by atoms with van der Waals surface area (Å²) in [6.45, 7) is 3.10. The minimum Gasteiger partial charge on any atom is -0.492 e. The lowest BCUT2D eigenvalue weighted by Crippen LogP contribution is -2.47. The molecule has 0 amide bonds. The highest BCUT2D eigenvalue weighted by molar-refractivity contribution is 7.17. The summed E-state index contributed by atoms with van der Waals surface area (Å²) in [5.41, 5.74) is 1.96. The van der Waals surface area contributed by atoms with Gasteiger partial charge in [-0.15, -0.1) is 5.10 Å². The number of thiazole rings is 1. The molecule has 1 aliphatic heterocycles. The number of furan rings is 1. The molecule has 1 N–H and O–H groups in total. The zero-order chi connectivity index (χ0) is 24.8. The first-order chi connectivity index (χ1) is 17.5. The lowest BCUT2D eigenvalue weighted by atomic mass is 10.0. The Morgan fingerprint density at radius 3 is 2.44 bits per heavy atom. The molecule has 7 nitrogen and oxygen atoms in total. The molecule has 1 aliphatic rings. The Bertz CT molecular complexity index is 1530. The van der Waals surface area contributed by atoms with Gasteiger partial charge in [0, 0.05) is 46.9 Å². The molecule has 1 atom stereocenters. The first-order valence-corrected chi connectivity index (χ1v) is 13.2. The van der Waals surface area contributed by atoms with E-state index in [1.165, 1.54) is 15.9 Å². The Hall–Kier alpha value is -2.75. The quantitative estimate of drug-likeness (QED) is 0.260. The molecule has 1 fully saturated rings. The largest absolute Gasteiger partial charge is 0.492 e. The highest BCUT2D eigenvalue weighted by Gasteiger charge is 2.33. The van der Waals surface area contributed by atoms with Crippen molar-refractivity contribution < 1.29 is 9.52 Å². The predicted octanol–water partition coefficient (Wildman–Crippen LogP) is 6.63. The normalized spacial score (nSPS) is 15.6. The number of fused-ring (bicyclic) bond motifs is 1. The van der Waals surface area contributed by atoms with Crippen molar-refractivity contribution in [1.29, 1.82) is 0 Å². The summed E-state index contributed by atoms with van der Waals surface area (Å²) in [6, 6.07) is 16.6. The van der Waals surface area contributed by atoms with E-state index < -0.39 is 0 Å². The van der Waals surface area contributed by atoms with Crippen molar-refractivity contribution in [3.05, 3.63) is 86.4 Å². The van der Waals surface area contributed by atoms with Crippen molar-refractivity contribution in [2.75, 3.05) is 31.1 Å². The average Bonchev–Trinajstić information content (AvgIpc) is 3.60. The molecule has 2 aromatic carbocycles. The molecule has 184 valence electrons. The summed E-state index contributed by atoms with van der Waals surface area (Å²) >= 11 is 20.5. The molecular formula is C25H20Cl3N5O2S. The van der Waals surface area contributed by atoms with Crippen molar-refractivity contribution in [1.82, 2.24) is 19.5 Å². The first kappa shape index (κ1) is 23.6. The van der Waals surface area contributed by atoms with Gasteiger partial charge in [-0.05, 0) is 48.0 Å². The molecule has 0 radical (unpaired) electrons. The van der Waals surface area contributed by atoms with Crippen LogP contribution in [0.1, 0.15) is 16.5 Å². The van der Waals surface area contributed by atoms with Gasteiger partial charge in [-0.25, -0.2) is 0 Å². The monoisotopic (exact) mass is 559 g/mol. The van der Waals surface area contributed by atoms with E-state index in [9.17, 15) is 5.11 Å². The second kappa shape index (κ2) is 9.61. The molecule has 4 heterocycles. The van der Waals surface area contributed by atoms with Crippen molar-refractivity contribution in [3.63, 3.8) is 0 Å². The number of rotatable bonds is 5. The van der Waals surface area contributed by atoms with Crippen LogP contribution in [0, 0.1) is 0 Å². The molecule has 1 saturated heterocycles. The van der Waals surface area contributed by atoms with Crippen molar-refractivity contribution in [3.8, 4) is 17.5 Å². The molecule has 5 aromatic rings. The lowest BCUT2D eigenvalue weighted by Gasteiger charge is -2.40. The number of hydrogen-bond acceptors (Lipinski definition) is 7. The van der Waals surface area contributed by atoms with E-state index in [2.05, 4.69) is 25.9 Å². The van der Waals surface area contributed by atoms with E-state index in [0.29, 0.717) is 31.6 Å². The van der Waals surface area contributed by atoms with Crippen LogP contribution in [-0.4, -0.2) is 50.8 Å². The van der Waals surface area contributed by atoms with Crippen LogP contribution in [0.15, 0.2) is 65.3 Å². The van der Waals surface area contributed by atoms with Gasteiger partial charge in [-0.1, -0.05) is 58.3 Å². The van der Waals surface area contributed by atoms with Gasteiger partial charge in [-0.3, -0.25) is 4.90 Å². The van der Waals surface area contributed by atoms with Gasteiger partial charge < -0.3 is 14.4 Å². The van der Waals surface area contributed by atoms with Crippen LogP contribution in [0.4, 0.5) is 5.69 Å². The predicted molar refractivity (Wildman–Crippen MR) is 144 cm³/mol. The zero-order valence-electron chi connectivity index (χ0n) is 18.8. The number of nitrogens with zero attached hydrogens (tertiary/aromatic N) is 5. The fraction of sp³-hybridized carbons (Fsp3) is 0.200. The lowest BCUT2D eigenvalue weighted by molar-refractivity contribution is 0.211. The number of piperazine rings is 1. The van der Waals surface area contributed by atoms with Gasteiger partial charge in [0.15, 0.2) is 5.76 Å². The maximum absolute atomic E-state index is 11.3. The molecule has 6 rings (SSSR count). The van der Waals surface area contributed by atoms with E-state index in [4.69, 9.17) is 39.2 Å². The highest BCUT2D eigenvalue weighted by atomic mass is 35.5. The molecule has 11 heteroatoms. The Kier molecular flexibility index (Phi) is 6.31. The number of aromatic hydroxyl groups is 1. The summed E-state index contributed by atoms with van der Waals surface area (Å²) in [5, 5.41) is 17.6. The number of hydrogen-bond donors (Lipinski definition) is 1. The molecule has 0 bridgehead atoms. The topological polar surface area (TPSA) is 70.0 Å². The standard InChI is InChI=1S/C25H20Cl3N5O2S/c26-15-3-1-4-17(13-15)31-8-10-32(11-9-31)21(18-7-6-16(27)14-19(18)28)22-24(34)33-25(36-22)29-23(30-33)20-5-2-12-35-20/h1-7,12-14,21,34H,8-11H2. The third-order valence-electron chi connectivity index (χ3n) is 6.30. The number of halogens is 3. The van der Waals surface area contributed by atoms with Gasteiger partial charge in [0.1, 0.15) is 0 Å². The minimum absolute atomic E-state index is 0.0357. The minimum atomic E-state index is -0.295. The number of anilines is 1. The van der Waals surface area contributed by atoms with Crippen molar-refractivity contribution >= 4 is 56.8 Å². The zero-order valence-corrected chi connectivity index (χ0v) is 21.9. The summed E-state index contributed by atoms with van der Waals surface area (Å²) < 4.78 is 6.87. The van der Waals surface area contributed by atoms with Gasteiger partial charge in [0.2, 0.25) is 16.7 Å². The first-order valence-electron chi connectivity index (χ1n) is 11.3. The second-order valence-electron chi connectivity index (χ2n) is 8.47. The molecule has 3 aromatic heterocycles. The van der Waals surface area contributed by atoms with E-state index in [1.807, 2.05) is 30.3 Å². The van der Waals surface area contributed by atoms with E-state index >= 15 is 0 Å². The van der Waals surface area contributed by atoms with E-state index in [0.717, 1.165) is 42.3 Å². The summed E-state index contributed by atoms with van der Waals surface area (Å²) in [4.78, 5) is 10.5. The highest BCUT2D eigenvalue weighted by Crippen LogP contribution is 2.43. The second-order valence-corrected chi connectivity index (χ2v) is 10.8. The summed E-state index contributed by atoms with van der Waals surface area (Å²) in [5.74, 6) is 0.999. The third-order valence-corrected chi connectivity index (χ3v) is 8.17. The van der Waals surface area contributed by atoms with E-state index in [1.54, 1.807) is 24.5 Å². The molecule has 1 unspecified atom stereocenters. The van der Waals surface area contributed by atoms with Crippen LogP contribution in [-0.2, 0) is 0 Å². The smallest absolute Gasteiger partial charge is 0.230 e. The summed E-state index contributed by atoms with van der Waals surface area (Å²) in [7, 11) is 0. The molecule has 0 aliphatic carbocycles. The fourth-order valence-electron chi connectivity index (χ4n) is 4.58. The van der Waals surface area contributed by atoms with Crippen LogP contribution >= 0.6 is 46.1 Å². The van der Waals surface area contributed by atoms with Crippen LogP contribution < -0.4 is 4.90 Å². The molecule has 36 heavy (non-hydrogen) atoms. The van der Waals surface area contributed by atoms with Crippen LogP contribution in [0.5, 0.6) is 5.88 Å². The Morgan fingerprint density at radius 2 is 1.75 bits per heavy atom. The van der Waals surface area contributed by atoms with Crippen molar-refractivity contribution in [2.45, 2.75) is 6.04 Å². The molecule has 0 spiro atoms. The van der Waals surface area contributed by atoms with Gasteiger partial charge >= 0.3 is 0 Å². The van der Waals surface area contributed by atoms with E-state index in [-0.39, 0.29) is 11.9 Å². The Balaban J connectivity index is 1.36.